The highest BCUT2D eigenvalue weighted by atomic mass is 19.4. The second-order valence-corrected chi connectivity index (χ2v) is 7.56. The van der Waals surface area contributed by atoms with Gasteiger partial charge in [-0.25, -0.2) is 5.43 Å². The Balaban J connectivity index is 1.99. The molecule has 1 heterocycles. The van der Waals surface area contributed by atoms with E-state index in [1.165, 1.54) is 13.2 Å². The number of carbonyl (C=O) groups excluding carboxylic acids is 1. The summed E-state index contributed by atoms with van der Waals surface area (Å²) in [7, 11) is 1.42. The molecule has 1 aliphatic heterocycles. The zero-order valence-corrected chi connectivity index (χ0v) is 14.7. The molecule has 0 fully saturated rings. The van der Waals surface area contributed by atoms with Gasteiger partial charge in [-0.3, -0.25) is 4.79 Å². The SMILES string of the molecule is C[C@H]1CC(C)(C)c2c(NC(=O)C3(C(F)(F)F)C=CN(C)N3)cccc21. The van der Waals surface area contributed by atoms with E-state index in [1.807, 2.05) is 19.9 Å². The van der Waals surface area contributed by atoms with Crippen molar-refractivity contribution in [2.45, 2.75) is 50.2 Å². The van der Waals surface area contributed by atoms with Crippen molar-refractivity contribution in [2.75, 3.05) is 12.4 Å². The second kappa shape index (κ2) is 5.49. The van der Waals surface area contributed by atoms with Crippen LogP contribution in [0.4, 0.5) is 18.9 Å². The average Bonchev–Trinajstić information content (AvgIpc) is 2.99. The summed E-state index contributed by atoms with van der Waals surface area (Å²) in [4.78, 5) is 12.6. The molecule has 1 amide bonds. The van der Waals surface area contributed by atoms with E-state index in [0.717, 1.165) is 28.6 Å². The van der Waals surface area contributed by atoms with Crippen molar-refractivity contribution in [3.63, 3.8) is 0 Å². The zero-order valence-electron chi connectivity index (χ0n) is 14.7. The topological polar surface area (TPSA) is 44.4 Å². The molecule has 25 heavy (non-hydrogen) atoms. The maximum absolute atomic E-state index is 13.6. The van der Waals surface area contributed by atoms with Gasteiger partial charge in [-0.15, -0.1) is 0 Å². The number of hydrogen-bond donors (Lipinski definition) is 2. The largest absolute Gasteiger partial charge is 0.421 e. The molecule has 2 N–H and O–H groups in total. The number of hydrazine groups is 1. The molecule has 0 saturated heterocycles. The molecule has 4 nitrogen and oxygen atoms in total. The number of benzene rings is 1. The molecule has 0 bridgehead atoms. The first-order valence-electron chi connectivity index (χ1n) is 8.19. The molecule has 0 radical (unpaired) electrons. The lowest BCUT2D eigenvalue weighted by molar-refractivity contribution is -0.189. The molecule has 0 aromatic heterocycles. The van der Waals surface area contributed by atoms with Gasteiger partial charge in [0.2, 0.25) is 5.54 Å². The van der Waals surface area contributed by atoms with Crippen molar-refractivity contribution >= 4 is 11.6 Å². The summed E-state index contributed by atoms with van der Waals surface area (Å²) >= 11 is 0. The number of hydrogen-bond acceptors (Lipinski definition) is 3. The van der Waals surface area contributed by atoms with Gasteiger partial charge in [0.05, 0.1) is 0 Å². The van der Waals surface area contributed by atoms with E-state index in [1.54, 1.807) is 12.1 Å². The van der Waals surface area contributed by atoms with E-state index in [2.05, 4.69) is 17.7 Å². The van der Waals surface area contributed by atoms with E-state index < -0.39 is 17.6 Å². The van der Waals surface area contributed by atoms with Crippen molar-refractivity contribution in [1.29, 1.82) is 0 Å². The fourth-order valence-electron chi connectivity index (χ4n) is 4.03. The van der Waals surface area contributed by atoms with Crippen LogP contribution in [0.5, 0.6) is 0 Å². The number of anilines is 1. The van der Waals surface area contributed by atoms with Crippen molar-refractivity contribution in [3.05, 3.63) is 41.6 Å². The van der Waals surface area contributed by atoms with Crippen LogP contribution in [-0.4, -0.2) is 29.7 Å². The summed E-state index contributed by atoms with van der Waals surface area (Å²) in [6, 6.07) is 5.42. The Morgan fingerprint density at radius 3 is 2.60 bits per heavy atom. The van der Waals surface area contributed by atoms with Gasteiger partial charge in [-0.05, 0) is 41.0 Å². The second-order valence-electron chi connectivity index (χ2n) is 7.56. The first-order valence-corrected chi connectivity index (χ1v) is 8.19. The fraction of sp³-hybridized carbons (Fsp3) is 0.500. The number of nitrogens with one attached hydrogen (secondary N) is 2. The molecule has 1 aromatic carbocycles. The lowest BCUT2D eigenvalue weighted by Gasteiger charge is -2.31. The van der Waals surface area contributed by atoms with Gasteiger partial charge in [-0.2, -0.15) is 13.2 Å². The molecule has 136 valence electrons. The monoisotopic (exact) mass is 353 g/mol. The van der Waals surface area contributed by atoms with Crippen LogP contribution in [0.3, 0.4) is 0 Å². The van der Waals surface area contributed by atoms with Gasteiger partial charge < -0.3 is 10.3 Å². The van der Waals surface area contributed by atoms with Crippen molar-refractivity contribution in [1.82, 2.24) is 10.4 Å². The van der Waals surface area contributed by atoms with Crippen LogP contribution < -0.4 is 10.7 Å². The summed E-state index contributed by atoms with van der Waals surface area (Å²) in [6.07, 6.45) is -1.83. The predicted octanol–water partition coefficient (Wildman–Crippen LogP) is 3.67. The number of fused-ring (bicyclic) bond motifs is 1. The Kier molecular flexibility index (Phi) is 3.91. The highest BCUT2D eigenvalue weighted by Crippen LogP contribution is 2.49. The van der Waals surface area contributed by atoms with E-state index in [4.69, 9.17) is 0 Å². The summed E-state index contributed by atoms with van der Waals surface area (Å²) in [6.45, 7) is 6.19. The first kappa shape index (κ1) is 17.8. The van der Waals surface area contributed by atoms with Gasteiger partial charge >= 0.3 is 6.18 Å². The highest BCUT2D eigenvalue weighted by Gasteiger charge is 2.61. The van der Waals surface area contributed by atoms with E-state index >= 15 is 0 Å². The zero-order chi connectivity index (χ0) is 18.6. The van der Waals surface area contributed by atoms with Crippen molar-refractivity contribution in [3.8, 4) is 0 Å². The van der Waals surface area contributed by atoms with E-state index in [-0.39, 0.29) is 5.41 Å². The molecule has 3 rings (SSSR count). The van der Waals surface area contributed by atoms with Crippen LogP contribution in [0.25, 0.3) is 0 Å². The molecule has 1 unspecified atom stereocenters. The maximum Gasteiger partial charge on any atom is 0.421 e. The maximum atomic E-state index is 13.6. The molecule has 0 saturated carbocycles. The lowest BCUT2D eigenvalue weighted by Crippen LogP contribution is -2.63. The number of carbonyl (C=O) groups is 1. The molecule has 7 heteroatoms. The number of halogens is 3. The normalized spacial score (nSPS) is 27.5. The van der Waals surface area contributed by atoms with Gasteiger partial charge in [0.15, 0.2) is 0 Å². The quantitative estimate of drug-likeness (QED) is 0.853. The standard InChI is InChI=1S/C18H22F3N3O/c1-11-10-16(2,3)14-12(11)6-5-7-13(14)22-15(25)17(18(19,20)21)8-9-24(4)23-17/h5-9,11,23H,10H2,1-4H3,(H,22,25)/t11-,17?/m0/s1. The van der Waals surface area contributed by atoms with Gasteiger partial charge in [0, 0.05) is 18.9 Å². The molecule has 2 atom stereocenters. The van der Waals surface area contributed by atoms with Gasteiger partial charge in [-0.1, -0.05) is 32.9 Å². The van der Waals surface area contributed by atoms with E-state index in [9.17, 15) is 18.0 Å². The molecular weight excluding hydrogens is 331 g/mol. The summed E-state index contributed by atoms with van der Waals surface area (Å²) in [5.41, 5.74) is 1.68. The average molecular weight is 353 g/mol. The van der Waals surface area contributed by atoms with Gasteiger partial charge in [0.1, 0.15) is 0 Å². The number of amides is 1. The Bertz CT molecular complexity index is 742. The highest BCUT2D eigenvalue weighted by molar-refractivity contribution is 6.01. The number of alkyl halides is 3. The molecule has 0 spiro atoms. The fourth-order valence-corrected chi connectivity index (χ4v) is 4.03. The van der Waals surface area contributed by atoms with Crippen molar-refractivity contribution in [2.24, 2.45) is 0 Å². The number of rotatable bonds is 2. The van der Waals surface area contributed by atoms with Crippen LogP contribution in [0.15, 0.2) is 30.5 Å². The molecular formula is C18H22F3N3O. The van der Waals surface area contributed by atoms with Crippen LogP contribution in [0, 0.1) is 0 Å². The minimum absolute atomic E-state index is 0.209. The third kappa shape index (κ3) is 2.70. The summed E-state index contributed by atoms with van der Waals surface area (Å²) in [5.74, 6) is -0.835. The Hall–Kier alpha value is -2.02. The smallest absolute Gasteiger partial charge is 0.324 e. The van der Waals surface area contributed by atoms with E-state index in [0.29, 0.717) is 11.6 Å². The molecule has 1 aliphatic carbocycles. The lowest BCUT2D eigenvalue weighted by atomic mass is 9.85. The third-order valence-electron chi connectivity index (χ3n) is 5.08. The van der Waals surface area contributed by atoms with Crippen LogP contribution in [-0.2, 0) is 10.2 Å². The molecule has 1 aromatic rings. The van der Waals surface area contributed by atoms with Gasteiger partial charge in [0.25, 0.3) is 5.91 Å². The Morgan fingerprint density at radius 2 is 2.04 bits per heavy atom. The molecule has 2 aliphatic rings. The summed E-state index contributed by atoms with van der Waals surface area (Å²) < 4.78 is 40.9. The third-order valence-corrected chi connectivity index (χ3v) is 5.08. The van der Waals surface area contributed by atoms with Crippen molar-refractivity contribution < 1.29 is 18.0 Å². The Labute approximate surface area is 145 Å². The Morgan fingerprint density at radius 1 is 1.36 bits per heavy atom. The van der Waals surface area contributed by atoms with Crippen LogP contribution in [0.2, 0.25) is 0 Å². The first-order chi connectivity index (χ1) is 11.5. The van der Waals surface area contributed by atoms with Crippen LogP contribution in [0.1, 0.15) is 44.2 Å². The minimum Gasteiger partial charge on any atom is -0.324 e. The predicted molar refractivity (Wildman–Crippen MR) is 90.0 cm³/mol. The van der Waals surface area contributed by atoms with Crippen LogP contribution >= 0.6 is 0 Å². The summed E-state index contributed by atoms with van der Waals surface area (Å²) in [5, 5.41) is 3.66. The number of nitrogens with zero attached hydrogens (tertiary/aromatic N) is 1. The minimum atomic E-state index is -4.76.